The quantitative estimate of drug-likeness (QED) is 0.437. The zero-order valence-electron chi connectivity index (χ0n) is 11.4. The van der Waals surface area contributed by atoms with Crippen molar-refractivity contribution in [1.82, 2.24) is 5.43 Å². The number of nitrogens with one attached hydrogen (secondary N) is 1. The Hall–Kier alpha value is -0.580. The van der Waals surface area contributed by atoms with Gasteiger partial charge in [-0.05, 0) is 42.5 Å². The first kappa shape index (κ1) is 14.8. The maximum Gasteiger partial charge on any atom is 0.0480 e. The molecule has 0 bridgehead atoms. The van der Waals surface area contributed by atoms with E-state index in [4.69, 9.17) is 11.6 Å². The Labute approximate surface area is 124 Å². The van der Waals surface area contributed by atoms with Gasteiger partial charge in [-0.3, -0.25) is 11.3 Å². The lowest BCUT2D eigenvalue weighted by molar-refractivity contribution is 0.315. The molecule has 19 heavy (non-hydrogen) atoms. The van der Waals surface area contributed by atoms with Gasteiger partial charge in [-0.1, -0.05) is 48.0 Å². The van der Waals surface area contributed by atoms with Crippen LogP contribution in [0.15, 0.2) is 22.7 Å². The lowest BCUT2D eigenvalue weighted by Crippen LogP contribution is -2.29. The molecule has 0 saturated heterocycles. The van der Waals surface area contributed by atoms with E-state index in [1.54, 1.807) is 0 Å². The van der Waals surface area contributed by atoms with E-state index in [9.17, 15) is 0 Å². The van der Waals surface area contributed by atoms with Gasteiger partial charge >= 0.3 is 0 Å². The van der Waals surface area contributed by atoms with Gasteiger partial charge in [0.25, 0.3) is 0 Å². The highest BCUT2D eigenvalue weighted by Crippen LogP contribution is 2.32. The lowest BCUT2D eigenvalue weighted by atomic mass is 9.84. The minimum absolute atomic E-state index is 0.152. The van der Waals surface area contributed by atoms with Gasteiger partial charge in [-0.25, -0.2) is 0 Å². The van der Waals surface area contributed by atoms with Crippen LogP contribution >= 0.6 is 15.9 Å². The summed E-state index contributed by atoms with van der Waals surface area (Å²) in [7, 11) is 0. The molecule has 0 aromatic heterocycles. The molecule has 106 valence electrons. The van der Waals surface area contributed by atoms with Crippen molar-refractivity contribution in [3.8, 4) is 0 Å². The van der Waals surface area contributed by atoms with Gasteiger partial charge in [-0.15, -0.1) is 0 Å². The van der Waals surface area contributed by atoms with E-state index >= 15 is 0 Å². The first-order valence-corrected chi connectivity index (χ1v) is 8.01. The predicted molar refractivity (Wildman–Crippen MR) is 84.4 cm³/mol. The van der Waals surface area contributed by atoms with Crippen LogP contribution in [-0.2, 0) is 0 Å². The monoisotopic (exact) mass is 325 g/mol. The molecule has 5 N–H and O–H groups in total. The molecule has 1 aromatic carbocycles. The van der Waals surface area contributed by atoms with Crippen LogP contribution in [0.3, 0.4) is 0 Å². The average molecular weight is 326 g/mol. The molecule has 0 spiro atoms. The van der Waals surface area contributed by atoms with Gasteiger partial charge in [0, 0.05) is 16.2 Å². The maximum absolute atomic E-state index is 6.06. The number of hydrogen-bond acceptors (Lipinski definition) is 3. The normalized spacial score (nSPS) is 18.4. The molecular weight excluding hydrogens is 302 g/mol. The van der Waals surface area contributed by atoms with Crippen molar-refractivity contribution in [1.29, 1.82) is 0 Å². The lowest BCUT2D eigenvalue weighted by Gasteiger charge is -2.25. The largest absolute Gasteiger partial charge is 0.398 e. The van der Waals surface area contributed by atoms with Crippen LogP contribution < -0.4 is 17.0 Å². The molecule has 4 heteroatoms. The summed E-state index contributed by atoms with van der Waals surface area (Å²) in [6.07, 6.45) is 9.25. The Kier molecular flexibility index (Phi) is 5.67. The van der Waals surface area contributed by atoms with E-state index in [0.29, 0.717) is 0 Å². The van der Waals surface area contributed by atoms with Crippen molar-refractivity contribution in [2.45, 2.75) is 51.0 Å². The van der Waals surface area contributed by atoms with Crippen LogP contribution in [0.2, 0.25) is 0 Å². The predicted octanol–water partition coefficient (Wildman–Crippen LogP) is 3.90. The Bertz CT molecular complexity index is 402. The van der Waals surface area contributed by atoms with Crippen molar-refractivity contribution in [3.05, 3.63) is 28.2 Å². The van der Waals surface area contributed by atoms with E-state index in [1.165, 1.54) is 38.5 Å². The minimum atomic E-state index is 0.152. The highest BCUT2D eigenvalue weighted by Gasteiger charge is 2.18. The second-order valence-electron chi connectivity index (χ2n) is 5.57. The fourth-order valence-corrected chi connectivity index (χ4v) is 3.43. The number of halogens is 1. The molecule has 0 heterocycles. The standard InChI is InChI=1S/C15H24BrN3/c16-12-7-8-14(17)13(10-12)15(19-18)9-6-11-4-2-1-3-5-11/h7-8,10-11,15,19H,1-6,9,17-18H2. The van der Waals surface area contributed by atoms with Crippen LogP contribution in [0.5, 0.6) is 0 Å². The Morgan fingerprint density at radius 3 is 2.68 bits per heavy atom. The van der Waals surface area contributed by atoms with Crippen molar-refractivity contribution < 1.29 is 0 Å². The molecule has 0 radical (unpaired) electrons. The molecule has 1 saturated carbocycles. The molecular formula is C15H24BrN3. The zero-order chi connectivity index (χ0) is 13.7. The summed E-state index contributed by atoms with van der Waals surface area (Å²) < 4.78 is 1.05. The Morgan fingerprint density at radius 2 is 2.00 bits per heavy atom. The molecule has 2 rings (SSSR count). The van der Waals surface area contributed by atoms with Crippen LogP contribution in [0, 0.1) is 5.92 Å². The summed E-state index contributed by atoms with van der Waals surface area (Å²) in [6.45, 7) is 0. The van der Waals surface area contributed by atoms with E-state index < -0.39 is 0 Å². The highest BCUT2D eigenvalue weighted by atomic mass is 79.9. The van der Waals surface area contributed by atoms with Crippen LogP contribution in [0.1, 0.15) is 56.6 Å². The summed E-state index contributed by atoms with van der Waals surface area (Å²) >= 11 is 3.50. The van der Waals surface area contributed by atoms with E-state index in [-0.39, 0.29) is 6.04 Å². The number of rotatable bonds is 5. The third-order valence-corrected chi connectivity index (χ3v) is 4.71. The molecule has 0 amide bonds. The first-order chi connectivity index (χ1) is 9.20. The SMILES string of the molecule is NNC(CCC1CCCCC1)c1cc(Br)ccc1N. The molecule has 1 atom stereocenters. The first-order valence-electron chi connectivity index (χ1n) is 7.21. The molecule has 1 aliphatic carbocycles. The van der Waals surface area contributed by atoms with Gasteiger partial charge in [0.1, 0.15) is 0 Å². The topological polar surface area (TPSA) is 64.1 Å². The van der Waals surface area contributed by atoms with Crippen molar-refractivity contribution in [2.24, 2.45) is 11.8 Å². The summed E-state index contributed by atoms with van der Waals surface area (Å²) in [6, 6.07) is 6.12. The summed E-state index contributed by atoms with van der Waals surface area (Å²) in [5.74, 6) is 6.59. The second-order valence-corrected chi connectivity index (χ2v) is 6.49. The number of benzene rings is 1. The smallest absolute Gasteiger partial charge is 0.0480 e. The second kappa shape index (κ2) is 7.27. The molecule has 1 aromatic rings. The molecule has 1 fully saturated rings. The fraction of sp³-hybridized carbons (Fsp3) is 0.600. The van der Waals surface area contributed by atoms with Gasteiger partial charge < -0.3 is 5.73 Å². The Balaban J connectivity index is 1.97. The summed E-state index contributed by atoms with van der Waals surface area (Å²) in [5.41, 5.74) is 10.9. The van der Waals surface area contributed by atoms with Crippen molar-refractivity contribution in [2.75, 3.05) is 5.73 Å². The molecule has 1 aliphatic rings. The fourth-order valence-electron chi connectivity index (χ4n) is 3.05. The van der Waals surface area contributed by atoms with E-state index in [0.717, 1.165) is 28.1 Å². The number of nitrogens with two attached hydrogens (primary N) is 2. The number of nitrogen functional groups attached to an aromatic ring is 1. The van der Waals surface area contributed by atoms with E-state index in [2.05, 4.69) is 27.4 Å². The molecule has 3 nitrogen and oxygen atoms in total. The van der Waals surface area contributed by atoms with Gasteiger partial charge in [0.15, 0.2) is 0 Å². The summed E-state index contributed by atoms with van der Waals surface area (Å²) in [4.78, 5) is 0. The van der Waals surface area contributed by atoms with E-state index in [1.807, 2.05) is 12.1 Å². The van der Waals surface area contributed by atoms with Crippen molar-refractivity contribution >= 4 is 21.6 Å². The number of hydrogen-bond donors (Lipinski definition) is 3. The maximum atomic E-state index is 6.06. The Morgan fingerprint density at radius 1 is 1.26 bits per heavy atom. The highest BCUT2D eigenvalue weighted by molar-refractivity contribution is 9.10. The third-order valence-electron chi connectivity index (χ3n) is 4.21. The summed E-state index contributed by atoms with van der Waals surface area (Å²) in [5, 5.41) is 0. The molecule has 0 aliphatic heterocycles. The van der Waals surface area contributed by atoms with Crippen LogP contribution in [0.25, 0.3) is 0 Å². The van der Waals surface area contributed by atoms with Gasteiger partial charge in [0.05, 0.1) is 0 Å². The molecule has 1 unspecified atom stereocenters. The van der Waals surface area contributed by atoms with Gasteiger partial charge in [0.2, 0.25) is 0 Å². The average Bonchev–Trinajstić information content (AvgIpc) is 2.44. The third kappa shape index (κ3) is 4.20. The van der Waals surface area contributed by atoms with Crippen molar-refractivity contribution in [3.63, 3.8) is 0 Å². The van der Waals surface area contributed by atoms with Crippen LogP contribution in [-0.4, -0.2) is 0 Å². The number of anilines is 1. The van der Waals surface area contributed by atoms with Crippen LogP contribution in [0.4, 0.5) is 5.69 Å². The number of hydrazine groups is 1. The zero-order valence-corrected chi connectivity index (χ0v) is 13.0. The van der Waals surface area contributed by atoms with Gasteiger partial charge in [-0.2, -0.15) is 0 Å². The minimum Gasteiger partial charge on any atom is -0.398 e.